The molecule has 3 aromatic rings. The van der Waals surface area contributed by atoms with Crippen LogP contribution in [0.1, 0.15) is 17.5 Å². The third kappa shape index (κ3) is 3.10. The Balaban J connectivity index is 1.38. The van der Waals surface area contributed by atoms with Crippen molar-refractivity contribution in [3.8, 4) is 11.5 Å². The van der Waals surface area contributed by atoms with E-state index in [4.69, 9.17) is 9.47 Å². The maximum absolute atomic E-state index is 14.4. The van der Waals surface area contributed by atoms with E-state index in [9.17, 15) is 9.18 Å². The number of halogens is 1. The molecule has 2 aromatic heterocycles. The normalized spacial score (nSPS) is 18.2. The van der Waals surface area contributed by atoms with Gasteiger partial charge in [0, 0.05) is 31.1 Å². The molecule has 1 N–H and O–H groups in total. The zero-order chi connectivity index (χ0) is 20.0. The monoisotopic (exact) mass is 398 g/mol. The van der Waals surface area contributed by atoms with Crippen molar-refractivity contribution in [2.75, 3.05) is 25.5 Å². The van der Waals surface area contributed by atoms with E-state index >= 15 is 0 Å². The van der Waals surface area contributed by atoms with Crippen molar-refractivity contribution < 1.29 is 18.7 Å². The van der Waals surface area contributed by atoms with Crippen LogP contribution in [-0.4, -0.2) is 56.7 Å². The lowest BCUT2D eigenvalue weighted by molar-refractivity contribution is -0.126. The van der Waals surface area contributed by atoms with Crippen molar-refractivity contribution in [2.45, 2.75) is 25.5 Å². The molecule has 1 aromatic carbocycles. The first-order valence-electron chi connectivity index (χ1n) is 9.36. The quantitative estimate of drug-likeness (QED) is 0.695. The zero-order valence-electron chi connectivity index (χ0n) is 15.8. The molecule has 150 valence electrons. The van der Waals surface area contributed by atoms with E-state index < -0.39 is 0 Å². The number of anilines is 1. The Hall–Kier alpha value is -3.43. The molecule has 1 saturated heterocycles. The number of nitrogens with one attached hydrogen (secondary N) is 1. The van der Waals surface area contributed by atoms with Gasteiger partial charge in [-0.15, -0.1) is 10.2 Å². The number of likely N-dealkylation sites (tertiary alicyclic amines) is 1. The molecule has 5 rings (SSSR count). The van der Waals surface area contributed by atoms with Gasteiger partial charge in [-0.25, -0.2) is 13.8 Å². The van der Waals surface area contributed by atoms with Crippen LogP contribution in [0.25, 0.3) is 5.65 Å². The van der Waals surface area contributed by atoms with E-state index in [2.05, 4.69) is 20.5 Å². The first-order valence-corrected chi connectivity index (χ1v) is 9.36. The maximum atomic E-state index is 14.4. The molecular weight excluding hydrogens is 379 g/mol. The molecule has 0 aliphatic carbocycles. The van der Waals surface area contributed by atoms with Gasteiger partial charge in [0.1, 0.15) is 24.0 Å². The Morgan fingerprint density at radius 1 is 1.41 bits per heavy atom. The number of amides is 1. The smallest absolute Gasteiger partial charge is 0.226 e. The van der Waals surface area contributed by atoms with Gasteiger partial charge in [0.25, 0.3) is 0 Å². The van der Waals surface area contributed by atoms with Gasteiger partial charge in [-0.1, -0.05) is 0 Å². The second-order valence-corrected chi connectivity index (χ2v) is 7.14. The molecule has 29 heavy (non-hydrogen) atoms. The number of ether oxygens (including phenoxy) is 2. The van der Waals surface area contributed by atoms with Crippen molar-refractivity contribution in [2.24, 2.45) is 0 Å². The molecule has 9 nitrogen and oxygen atoms in total. The summed E-state index contributed by atoms with van der Waals surface area (Å²) in [6.07, 6.45) is 3.80. The number of aromatic nitrogens is 4. The number of hydrogen-bond acceptors (Lipinski definition) is 7. The molecule has 1 atom stereocenters. The number of rotatable bonds is 5. The minimum absolute atomic E-state index is 0.0418. The largest absolute Gasteiger partial charge is 0.493 e. The highest BCUT2D eigenvalue weighted by molar-refractivity contribution is 5.78. The minimum Gasteiger partial charge on any atom is -0.493 e. The summed E-state index contributed by atoms with van der Waals surface area (Å²) >= 11 is 0. The summed E-state index contributed by atoms with van der Waals surface area (Å²) in [5.41, 5.74) is 1.93. The standard InChI is InChI=1S/C19H19FN6O3/c1-25-9-11(6-17(25)27)29-16-8-22-19(26-10-23-24-18(16)26)21-7-13-12-4-5-28-15(12)3-2-14(13)20/h2-3,8,10-11H,4-7,9H2,1H3,(H,21,22). The predicted molar refractivity (Wildman–Crippen MR) is 100 cm³/mol. The van der Waals surface area contributed by atoms with Gasteiger partial charge in [-0.3, -0.25) is 4.79 Å². The Morgan fingerprint density at radius 2 is 2.31 bits per heavy atom. The number of likely N-dealkylation sites (N-methyl/N-ethyl adjacent to an activating group) is 1. The molecule has 1 amide bonds. The van der Waals surface area contributed by atoms with Gasteiger partial charge in [0.05, 0.1) is 25.8 Å². The average molecular weight is 398 g/mol. The van der Waals surface area contributed by atoms with E-state index in [1.165, 1.54) is 12.4 Å². The van der Waals surface area contributed by atoms with Crippen molar-refractivity contribution >= 4 is 17.5 Å². The fourth-order valence-corrected chi connectivity index (χ4v) is 3.77. The lowest BCUT2D eigenvalue weighted by Crippen LogP contribution is -2.23. The summed E-state index contributed by atoms with van der Waals surface area (Å²) in [5, 5.41) is 11.2. The van der Waals surface area contributed by atoms with Crippen LogP contribution < -0.4 is 14.8 Å². The van der Waals surface area contributed by atoms with Gasteiger partial charge in [0.15, 0.2) is 5.75 Å². The van der Waals surface area contributed by atoms with Crippen LogP contribution in [0.5, 0.6) is 11.5 Å². The Morgan fingerprint density at radius 3 is 3.14 bits per heavy atom. The first-order chi connectivity index (χ1) is 14.1. The molecule has 0 bridgehead atoms. The van der Waals surface area contributed by atoms with Crippen molar-refractivity contribution in [1.29, 1.82) is 0 Å². The molecule has 2 aliphatic rings. The van der Waals surface area contributed by atoms with Crippen molar-refractivity contribution in [3.63, 3.8) is 0 Å². The Labute approximate surface area is 165 Å². The molecular formula is C19H19FN6O3. The van der Waals surface area contributed by atoms with Gasteiger partial charge in [-0.05, 0) is 12.1 Å². The molecule has 4 heterocycles. The summed E-state index contributed by atoms with van der Waals surface area (Å²) < 4.78 is 27.5. The van der Waals surface area contributed by atoms with E-state index in [-0.39, 0.29) is 24.4 Å². The van der Waals surface area contributed by atoms with Crippen LogP contribution in [0.2, 0.25) is 0 Å². The third-order valence-corrected chi connectivity index (χ3v) is 5.26. The van der Waals surface area contributed by atoms with E-state index in [0.717, 1.165) is 11.3 Å². The molecule has 0 spiro atoms. The molecule has 0 radical (unpaired) electrons. The number of benzene rings is 1. The Bertz CT molecular complexity index is 1100. The fourth-order valence-electron chi connectivity index (χ4n) is 3.77. The van der Waals surface area contributed by atoms with Gasteiger partial charge in [0.2, 0.25) is 17.5 Å². The van der Waals surface area contributed by atoms with Crippen molar-refractivity contribution in [3.05, 3.63) is 41.6 Å². The van der Waals surface area contributed by atoms with Crippen LogP contribution in [0, 0.1) is 5.82 Å². The van der Waals surface area contributed by atoms with Gasteiger partial charge in [-0.2, -0.15) is 0 Å². The number of carbonyl (C=O) groups excluding carboxylic acids is 1. The number of hydrogen-bond donors (Lipinski definition) is 1. The molecule has 1 unspecified atom stereocenters. The summed E-state index contributed by atoms with van der Waals surface area (Å²) in [7, 11) is 1.74. The van der Waals surface area contributed by atoms with Crippen LogP contribution >= 0.6 is 0 Å². The summed E-state index contributed by atoms with van der Waals surface area (Å²) in [5.74, 6) is 1.40. The second-order valence-electron chi connectivity index (χ2n) is 7.14. The zero-order valence-corrected chi connectivity index (χ0v) is 15.8. The minimum atomic E-state index is -0.281. The van der Waals surface area contributed by atoms with Crippen LogP contribution in [0.3, 0.4) is 0 Å². The highest BCUT2D eigenvalue weighted by Gasteiger charge is 2.29. The second kappa shape index (κ2) is 6.87. The van der Waals surface area contributed by atoms with Crippen LogP contribution in [0.15, 0.2) is 24.7 Å². The van der Waals surface area contributed by atoms with Crippen LogP contribution in [0.4, 0.5) is 10.3 Å². The molecule has 2 aliphatic heterocycles. The number of fused-ring (bicyclic) bond motifs is 2. The van der Waals surface area contributed by atoms with Crippen LogP contribution in [-0.2, 0) is 17.8 Å². The van der Waals surface area contributed by atoms with Crippen molar-refractivity contribution in [1.82, 2.24) is 24.5 Å². The summed E-state index contributed by atoms with van der Waals surface area (Å²) in [4.78, 5) is 17.7. The third-order valence-electron chi connectivity index (χ3n) is 5.26. The van der Waals surface area contributed by atoms with E-state index in [1.54, 1.807) is 28.6 Å². The highest BCUT2D eigenvalue weighted by Crippen LogP contribution is 2.31. The Kier molecular flexibility index (Phi) is 4.18. The molecule has 0 saturated carbocycles. The van der Waals surface area contributed by atoms with Gasteiger partial charge < -0.3 is 19.7 Å². The SMILES string of the molecule is CN1CC(Oc2cnc(NCc3c(F)ccc4c3CCO4)n3cnnc23)CC1=O. The highest BCUT2D eigenvalue weighted by atomic mass is 19.1. The summed E-state index contributed by atoms with van der Waals surface area (Å²) in [6, 6.07) is 3.08. The lowest BCUT2D eigenvalue weighted by atomic mass is 10.0. The average Bonchev–Trinajstić information content (AvgIpc) is 3.43. The lowest BCUT2D eigenvalue weighted by Gasteiger charge is -2.15. The maximum Gasteiger partial charge on any atom is 0.226 e. The molecule has 10 heteroatoms. The number of nitrogens with zero attached hydrogens (tertiary/aromatic N) is 5. The topological polar surface area (TPSA) is 93.9 Å². The predicted octanol–water partition coefficient (Wildman–Crippen LogP) is 1.42. The number of carbonyl (C=O) groups is 1. The van der Waals surface area contributed by atoms with E-state index in [1.807, 2.05) is 0 Å². The van der Waals surface area contributed by atoms with Gasteiger partial charge >= 0.3 is 0 Å². The first kappa shape index (κ1) is 17.7. The molecule has 1 fully saturated rings. The van der Waals surface area contributed by atoms with E-state index in [0.29, 0.717) is 48.9 Å². The summed E-state index contributed by atoms with van der Waals surface area (Å²) in [6.45, 7) is 1.32. The fraction of sp³-hybridized carbons (Fsp3) is 0.368.